The Hall–Kier alpha value is -3.99. The number of aryl methyl sites for hydroxylation is 1. The van der Waals surface area contributed by atoms with Crippen LogP contribution < -0.4 is 9.64 Å². The van der Waals surface area contributed by atoms with E-state index in [0.29, 0.717) is 32.8 Å². The van der Waals surface area contributed by atoms with E-state index in [1.165, 1.54) is 6.07 Å². The molecule has 2 heterocycles. The number of hydrogen-bond donors (Lipinski definition) is 2. The number of rotatable bonds is 5. The Morgan fingerprint density at radius 1 is 1.14 bits per heavy atom. The van der Waals surface area contributed by atoms with Crippen LogP contribution in [-0.4, -0.2) is 42.4 Å². The number of carboxylic acids is 1. The highest BCUT2D eigenvalue weighted by Gasteiger charge is 2.18. The number of aromatic nitrogens is 1. The Morgan fingerprint density at radius 3 is 2.57 bits per heavy atom. The van der Waals surface area contributed by atoms with Crippen LogP contribution in [0.25, 0.3) is 22.0 Å². The SMILES string of the molecule is Cc1ccc(Oc2[nH]c3cc(Cl)c(-c4ccc(N5CCOCC5)cc4)cc3c2C#N)cc1C(=O)O. The van der Waals surface area contributed by atoms with Gasteiger partial charge in [-0.1, -0.05) is 29.8 Å². The second-order valence-corrected chi connectivity index (χ2v) is 8.76. The van der Waals surface area contributed by atoms with E-state index in [0.717, 1.165) is 43.1 Å². The number of carboxylic acid groups (broad SMARTS) is 1. The molecular formula is C27H22ClN3O4. The van der Waals surface area contributed by atoms with Gasteiger partial charge in [0.1, 0.15) is 17.4 Å². The van der Waals surface area contributed by atoms with E-state index < -0.39 is 5.97 Å². The molecule has 1 fully saturated rings. The summed E-state index contributed by atoms with van der Waals surface area (Å²) < 4.78 is 11.3. The molecule has 1 saturated heterocycles. The summed E-state index contributed by atoms with van der Waals surface area (Å²) >= 11 is 6.63. The Bertz CT molecular complexity index is 1460. The third kappa shape index (κ3) is 4.42. The minimum atomic E-state index is -1.04. The molecule has 0 unspecified atom stereocenters. The van der Waals surface area contributed by atoms with Crippen molar-refractivity contribution in [1.29, 1.82) is 5.26 Å². The number of aromatic amines is 1. The van der Waals surface area contributed by atoms with Crippen LogP contribution >= 0.6 is 11.6 Å². The average molecular weight is 488 g/mol. The van der Waals surface area contributed by atoms with E-state index in [4.69, 9.17) is 21.1 Å². The van der Waals surface area contributed by atoms with E-state index in [1.807, 2.05) is 18.2 Å². The number of H-pyrrole nitrogens is 1. The standard InChI is InChI=1S/C27H22ClN3O4/c1-16-2-7-19(12-20(16)27(32)33)35-26-23(15-29)22-13-21(24(28)14-25(22)30-26)17-3-5-18(6-4-17)31-8-10-34-11-9-31/h2-7,12-14,30H,8-11H2,1H3,(H,32,33). The number of nitrogens with one attached hydrogen (secondary N) is 1. The first-order valence-corrected chi connectivity index (χ1v) is 11.5. The lowest BCUT2D eigenvalue weighted by Crippen LogP contribution is -2.36. The number of benzene rings is 3. The van der Waals surface area contributed by atoms with E-state index >= 15 is 0 Å². The number of nitriles is 1. The van der Waals surface area contributed by atoms with Crippen LogP contribution in [0.2, 0.25) is 5.02 Å². The molecule has 4 aromatic rings. The van der Waals surface area contributed by atoms with Crippen LogP contribution in [-0.2, 0) is 4.74 Å². The summed E-state index contributed by atoms with van der Waals surface area (Å²) in [6, 6.07) is 18.8. The van der Waals surface area contributed by atoms with Crippen molar-refractivity contribution in [2.45, 2.75) is 6.92 Å². The molecule has 8 heteroatoms. The van der Waals surface area contributed by atoms with Crippen LogP contribution in [0.15, 0.2) is 54.6 Å². The lowest BCUT2D eigenvalue weighted by atomic mass is 10.0. The summed E-state index contributed by atoms with van der Waals surface area (Å²) in [6.07, 6.45) is 0. The summed E-state index contributed by atoms with van der Waals surface area (Å²) in [5, 5.41) is 20.5. The van der Waals surface area contributed by atoms with Crippen molar-refractivity contribution in [3.63, 3.8) is 0 Å². The first kappa shape index (κ1) is 22.8. The molecule has 1 aliphatic heterocycles. The number of fused-ring (bicyclic) bond motifs is 1. The smallest absolute Gasteiger partial charge is 0.336 e. The molecule has 35 heavy (non-hydrogen) atoms. The number of aromatic carboxylic acids is 1. The van der Waals surface area contributed by atoms with E-state index in [1.54, 1.807) is 25.1 Å². The predicted molar refractivity (Wildman–Crippen MR) is 135 cm³/mol. The Labute approximate surface area is 207 Å². The number of nitrogens with zero attached hydrogens (tertiary/aromatic N) is 2. The molecule has 1 aromatic heterocycles. The molecule has 0 spiro atoms. The van der Waals surface area contributed by atoms with Crippen molar-refractivity contribution >= 4 is 34.2 Å². The summed E-state index contributed by atoms with van der Waals surface area (Å²) in [7, 11) is 0. The van der Waals surface area contributed by atoms with Crippen molar-refractivity contribution in [3.8, 4) is 28.8 Å². The van der Waals surface area contributed by atoms with Gasteiger partial charge in [-0.3, -0.25) is 0 Å². The van der Waals surface area contributed by atoms with Gasteiger partial charge >= 0.3 is 5.97 Å². The summed E-state index contributed by atoms with van der Waals surface area (Å²) in [6.45, 7) is 4.88. The molecular weight excluding hydrogens is 466 g/mol. The Morgan fingerprint density at radius 2 is 1.89 bits per heavy atom. The van der Waals surface area contributed by atoms with Crippen molar-refractivity contribution in [2.24, 2.45) is 0 Å². The Balaban J connectivity index is 1.50. The van der Waals surface area contributed by atoms with Gasteiger partial charge in [0.15, 0.2) is 0 Å². The highest BCUT2D eigenvalue weighted by molar-refractivity contribution is 6.34. The monoisotopic (exact) mass is 487 g/mol. The molecule has 2 N–H and O–H groups in total. The molecule has 0 bridgehead atoms. The molecule has 0 aliphatic carbocycles. The average Bonchev–Trinajstić information content (AvgIpc) is 3.20. The number of carbonyl (C=O) groups is 1. The van der Waals surface area contributed by atoms with Gasteiger partial charge in [0.25, 0.3) is 0 Å². The zero-order valence-electron chi connectivity index (χ0n) is 19.0. The second-order valence-electron chi connectivity index (χ2n) is 8.35. The lowest BCUT2D eigenvalue weighted by molar-refractivity contribution is 0.0695. The highest BCUT2D eigenvalue weighted by atomic mass is 35.5. The third-order valence-corrected chi connectivity index (χ3v) is 6.49. The fraction of sp³-hybridized carbons (Fsp3) is 0.185. The van der Waals surface area contributed by atoms with Gasteiger partial charge in [-0.05, 0) is 54.4 Å². The summed E-state index contributed by atoms with van der Waals surface area (Å²) in [4.78, 5) is 16.9. The van der Waals surface area contributed by atoms with Crippen molar-refractivity contribution in [3.05, 3.63) is 76.3 Å². The molecule has 7 nitrogen and oxygen atoms in total. The van der Waals surface area contributed by atoms with Gasteiger partial charge in [0.05, 0.1) is 29.3 Å². The molecule has 176 valence electrons. The fourth-order valence-electron chi connectivity index (χ4n) is 4.29. The maximum atomic E-state index is 11.5. The van der Waals surface area contributed by atoms with Gasteiger partial charge in [-0.2, -0.15) is 5.26 Å². The third-order valence-electron chi connectivity index (χ3n) is 6.18. The molecule has 0 saturated carbocycles. The van der Waals surface area contributed by atoms with Crippen LogP contribution in [0.3, 0.4) is 0 Å². The van der Waals surface area contributed by atoms with Gasteiger partial charge in [-0.15, -0.1) is 0 Å². The predicted octanol–water partition coefficient (Wildman–Crippen LogP) is 6.00. The fourth-order valence-corrected chi connectivity index (χ4v) is 4.56. The minimum absolute atomic E-state index is 0.142. The van der Waals surface area contributed by atoms with Gasteiger partial charge in [0, 0.05) is 29.7 Å². The number of hydrogen-bond acceptors (Lipinski definition) is 5. The lowest BCUT2D eigenvalue weighted by Gasteiger charge is -2.29. The molecule has 0 amide bonds. The molecule has 0 atom stereocenters. The molecule has 5 rings (SSSR count). The number of morpholine rings is 1. The van der Waals surface area contributed by atoms with E-state index in [-0.39, 0.29) is 11.4 Å². The van der Waals surface area contributed by atoms with Gasteiger partial charge in [-0.25, -0.2) is 4.79 Å². The van der Waals surface area contributed by atoms with E-state index in [2.05, 4.69) is 28.1 Å². The zero-order valence-corrected chi connectivity index (χ0v) is 19.7. The maximum Gasteiger partial charge on any atom is 0.336 e. The van der Waals surface area contributed by atoms with Gasteiger partial charge in [0.2, 0.25) is 5.88 Å². The largest absolute Gasteiger partial charge is 0.478 e. The van der Waals surface area contributed by atoms with Crippen molar-refractivity contribution in [1.82, 2.24) is 4.98 Å². The zero-order chi connectivity index (χ0) is 24.5. The van der Waals surface area contributed by atoms with E-state index in [9.17, 15) is 15.2 Å². The van der Waals surface area contributed by atoms with Crippen LogP contribution in [0, 0.1) is 18.3 Å². The molecule has 3 aromatic carbocycles. The first-order chi connectivity index (χ1) is 16.9. The molecule has 1 aliphatic rings. The first-order valence-electron chi connectivity index (χ1n) is 11.1. The van der Waals surface area contributed by atoms with Crippen molar-refractivity contribution < 1.29 is 19.4 Å². The molecule has 0 radical (unpaired) electrons. The van der Waals surface area contributed by atoms with Gasteiger partial charge < -0.3 is 24.5 Å². The number of anilines is 1. The normalized spacial score (nSPS) is 13.6. The van der Waals surface area contributed by atoms with Crippen LogP contribution in [0.5, 0.6) is 11.6 Å². The quantitative estimate of drug-likeness (QED) is 0.358. The minimum Gasteiger partial charge on any atom is -0.478 e. The van der Waals surface area contributed by atoms with Crippen LogP contribution in [0.1, 0.15) is 21.5 Å². The number of ether oxygens (including phenoxy) is 2. The number of halogens is 1. The summed E-state index contributed by atoms with van der Waals surface area (Å²) in [5.74, 6) is -0.485. The topological polar surface area (TPSA) is 98.6 Å². The Kier molecular flexibility index (Phi) is 6.08. The summed E-state index contributed by atoms with van der Waals surface area (Å²) in [5.41, 5.74) is 4.61. The van der Waals surface area contributed by atoms with Crippen LogP contribution in [0.4, 0.5) is 5.69 Å². The van der Waals surface area contributed by atoms with Crippen molar-refractivity contribution in [2.75, 3.05) is 31.2 Å². The highest BCUT2D eigenvalue weighted by Crippen LogP contribution is 2.38. The second kappa shape index (κ2) is 9.34. The maximum absolute atomic E-state index is 11.5.